The molecule has 0 bridgehead atoms. The standard InChI is InChI=1S/C18H18N2O3S/c1-3-9-23-13-7-4-6-12(11-13)19-16-15(14-8-5-10-24-14)17(21)20(2)18(16)22/h4-8,10-11,19H,3,9H2,1-2H3. The number of ether oxygens (including phenoxy) is 1. The molecule has 0 aliphatic carbocycles. The molecule has 1 aliphatic heterocycles. The van der Waals surface area contributed by atoms with E-state index in [1.165, 1.54) is 18.4 Å². The fraction of sp³-hybridized carbons (Fsp3) is 0.222. The van der Waals surface area contributed by atoms with Gasteiger partial charge in [0.15, 0.2) is 0 Å². The van der Waals surface area contributed by atoms with Gasteiger partial charge in [0.05, 0.1) is 12.2 Å². The second-order valence-corrected chi connectivity index (χ2v) is 6.35. The lowest BCUT2D eigenvalue weighted by Gasteiger charge is -2.10. The first-order valence-corrected chi connectivity index (χ1v) is 8.60. The predicted octanol–water partition coefficient (Wildman–Crippen LogP) is 3.36. The van der Waals surface area contributed by atoms with Gasteiger partial charge in [-0.1, -0.05) is 19.1 Å². The van der Waals surface area contributed by atoms with E-state index in [2.05, 4.69) is 5.32 Å². The molecule has 5 nitrogen and oxygen atoms in total. The van der Waals surface area contributed by atoms with Crippen LogP contribution in [0.1, 0.15) is 18.2 Å². The number of nitrogens with zero attached hydrogens (tertiary/aromatic N) is 1. The molecule has 1 aromatic carbocycles. The maximum atomic E-state index is 12.4. The van der Waals surface area contributed by atoms with Crippen LogP contribution in [0.5, 0.6) is 5.75 Å². The van der Waals surface area contributed by atoms with Gasteiger partial charge in [0.2, 0.25) is 0 Å². The number of nitrogens with one attached hydrogen (secondary N) is 1. The summed E-state index contributed by atoms with van der Waals surface area (Å²) in [5, 5.41) is 4.99. The van der Waals surface area contributed by atoms with Crippen LogP contribution >= 0.6 is 11.3 Å². The summed E-state index contributed by atoms with van der Waals surface area (Å²) in [5.74, 6) is 0.108. The molecule has 1 N–H and O–H groups in total. The van der Waals surface area contributed by atoms with Crippen LogP contribution in [0.4, 0.5) is 5.69 Å². The number of anilines is 1. The van der Waals surface area contributed by atoms with Crippen LogP contribution < -0.4 is 10.1 Å². The van der Waals surface area contributed by atoms with E-state index in [9.17, 15) is 9.59 Å². The Balaban J connectivity index is 1.94. The highest BCUT2D eigenvalue weighted by Gasteiger charge is 2.37. The second-order valence-electron chi connectivity index (χ2n) is 5.40. The summed E-state index contributed by atoms with van der Waals surface area (Å²) in [4.78, 5) is 26.8. The Morgan fingerprint density at radius 1 is 1.17 bits per heavy atom. The summed E-state index contributed by atoms with van der Waals surface area (Å²) in [6, 6.07) is 11.1. The third-order valence-corrected chi connectivity index (χ3v) is 4.52. The maximum absolute atomic E-state index is 12.4. The quantitative estimate of drug-likeness (QED) is 0.818. The average molecular weight is 342 g/mol. The summed E-state index contributed by atoms with van der Waals surface area (Å²) in [5.41, 5.74) is 1.43. The molecule has 3 rings (SSSR count). The molecule has 0 atom stereocenters. The summed E-state index contributed by atoms with van der Waals surface area (Å²) in [6.45, 7) is 2.67. The first-order valence-electron chi connectivity index (χ1n) is 7.72. The average Bonchev–Trinajstić information content (AvgIpc) is 3.18. The van der Waals surface area contributed by atoms with Crippen LogP contribution in [0.2, 0.25) is 0 Å². The molecule has 1 aromatic heterocycles. The zero-order valence-corrected chi connectivity index (χ0v) is 14.4. The highest BCUT2D eigenvalue weighted by atomic mass is 32.1. The SMILES string of the molecule is CCCOc1cccc(NC2=C(c3cccs3)C(=O)N(C)C2=O)c1. The topological polar surface area (TPSA) is 58.6 Å². The van der Waals surface area contributed by atoms with Crippen LogP contribution in [-0.4, -0.2) is 30.4 Å². The maximum Gasteiger partial charge on any atom is 0.277 e. The largest absolute Gasteiger partial charge is 0.494 e. The van der Waals surface area contributed by atoms with E-state index >= 15 is 0 Å². The molecule has 2 amide bonds. The van der Waals surface area contributed by atoms with Crippen molar-refractivity contribution >= 4 is 34.4 Å². The fourth-order valence-corrected chi connectivity index (χ4v) is 3.20. The number of likely N-dealkylation sites (N-methyl/N-ethyl adjacent to an activating group) is 1. The highest BCUT2D eigenvalue weighted by Crippen LogP contribution is 2.32. The van der Waals surface area contributed by atoms with Crippen molar-refractivity contribution in [2.24, 2.45) is 0 Å². The van der Waals surface area contributed by atoms with Crippen LogP contribution in [0.25, 0.3) is 5.57 Å². The van der Waals surface area contributed by atoms with Gasteiger partial charge >= 0.3 is 0 Å². The Hall–Kier alpha value is -2.60. The number of amides is 2. The zero-order valence-electron chi connectivity index (χ0n) is 13.5. The minimum Gasteiger partial charge on any atom is -0.494 e. The number of imide groups is 1. The molecule has 24 heavy (non-hydrogen) atoms. The third kappa shape index (κ3) is 3.05. The fourth-order valence-electron chi connectivity index (χ4n) is 2.43. The van der Waals surface area contributed by atoms with Gasteiger partial charge in [-0.3, -0.25) is 14.5 Å². The molecule has 0 spiro atoms. The van der Waals surface area contributed by atoms with E-state index in [4.69, 9.17) is 4.74 Å². The third-order valence-electron chi connectivity index (χ3n) is 3.63. The first kappa shape index (κ1) is 16.3. The predicted molar refractivity (Wildman–Crippen MR) is 94.9 cm³/mol. The van der Waals surface area contributed by atoms with E-state index in [1.807, 2.05) is 48.7 Å². The van der Waals surface area contributed by atoms with Gasteiger partial charge in [-0.15, -0.1) is 11.3 Å². The lowest BCUT2D eigenvalue weighted by atomic mass is 10.2. The number of carbonyl (C=O) groups excluding carboxylic acids is 2. The Morgan fingerprint density at radius 2 is 2.00 bits per heavy atom. The molecule has 0 radical (unpaired) electrons. The minimum absolute atomic E-state index is 0.289. The van der Waals surface area contributed by atoms with E-state index in [0.29, 0.717) is 23.6 Å². The van der Waals surface area contributed by atoms with Gasteiger partial charge in [-0.25, -0.2) is 0 Å². The minimum atomic E-state index is -0.330. The van der Waals surface area contributed by atoms with Crippen molar-refractivity contribution in [3.8, 4) is 5.75 Å². The first-order chi connectivity index (χ1) is 11.6. The van der Waals surface area contributed by atoms with Crippen LogP contribution in [0.15, 0.2) is 47.5 Å². The number of benzene rings is 1. The summed E-state index contributed by atoms with van der Waals surface area (Å²) in [6.07, 6.45) is 0.920. The van der Waals surface area contributed by atoms with Crippen LogP contribution in [0, 0.1) is 0 Å². The molecule has 0 saturated heterocycles. The molecule has 0 saturated carbocycles. The normalized spacial score (nSPS) is 14.5. The van der Waals surface area contributed by atoms with Crippen LogP contribution in [0.3, 0.4) is 0 Å². The Kier molecular flexibility index (Phi) is 4.66. The lowest BCUT2D eigenvalue weighted by Crippen LogP contribution is -2.27. The van der Waals surface area contributed by atoms with Crippen molar-refractivity contribution in [3.63, 3.8) is 0 Å². The Bertz CT molecular complexity index is 796. The van der Waals surface area contributed by atoms with E-state index in [0.717, 1.165) is 21.9 Å². The number of thiophene rings is 1. The molecule has 2 aromatic rings. The Morgan fingerprint density at radius 3 is 2.71 bits per heavy atom. The van der Waals surface area contributed by atoms with Crippen molar-refractivity contribution in [2.75, 3.05) is 19.0 Å². The number of hydrogen-bond acceptors (Lipinski definition) is 5. The van der Waals surface area contributed by atoms with Gasteiger partial charge < -0.3 is 10.1 Å². The number of hydrogen-bond donors (Lipinski definition) is 1. The summed E-state index contributed by atoms with van der Waals surface area (Å²) < 4.78 is 5.61. The van der Waals surface area contributed by atoms with Crippen LogP contribution in [-0.2, 0) is 9.59 Å². The molecular formula is C18H18N2O3S. The smallest absolute Gasteiger partial charge is 0.277 e. The highest BCUT2D eigenvalue weighted by molar-refractivity contribution is 7.11. The molecule has 124 valence electrons. The van der Waals surface area contributed by atoms with Gasteiger partial charge in [-0.2, -0.15) is 0 Å². The molecule has 6 heteroatoms. The Labute approximate surface area is 144 Å². The summed E-state index contributed by atoms with van der Waals surface area (Å²) in [7, 11) is 1.49. The second kappa shape index (κ2) is 6.88. The summed E-state index contributed by atoms with van der Waals surface area (Å²) >= 11 is 1.43. The lowest BCUT2D eigenvalue weighted by molar-refractivity contribution is -0.135. The van der Waals surface area contributed by atoms with E-state index in [1.54, 1.807) is 0 Å². The number of carbonyl (C=O) groups is 2. The number of rotatable bonds is 6. The van der Waals surface area contributed by atoms with E-state index in [-0.39, 0.29) is 11.8 Å². The molecule has 2 heterocycles. The van der Waals surface area contributed by atoms with E-state index < -0.39 is 0 Å². The van der Waals surface area contributed by atoms with Gasteiger partial charge in [0, 0.05) is 23.7 Å². The molecular weight excluding hydrogens is 324 g/mol. The van der Waals surface area contributed by atoms with Crippen molar-refractivity contribution in [1.29, 1.82) is 0 Å². The molecule has 1 aliphatic rings. The van der Waals surface area contributed by atoms with Crippen molar-refractivity contribution in [2.45, 2.75) is 13.3 Å². The van der Waals surface area contributed by atoms with Crippen molar-refractivity contribution in [1.82, 2.24) is 4.90 Å². The van der Waals surface area contributed by atoms with Gasteiger partial charge in [0.1, 0.15) is 11.4 Å². The zero-order chi connectivity index (χ0) is 17.1. The van der Waals surface area contributed by atoms with Crippen molar-refractivity contribution < 1.29 is 14.3 Å². The van der Waals surface area contributed by atoms with Gasteiger partial charge in [-0.05, 0) is 30.0 Å². The monoisotopic (exact) mass is 342 g/mol. The molecule has 0 unspecified atom stereocenters. The van der Waals surface area contributed by atoms with Gasteiger partial charge in [0.25, 0.3) is 11.8 Å². The molecule has 0 fully saturated rings. The van der Waals surface area contributed by atoms with Crippen molar-refractivity contribution in [3.05, 3.63) is 52.4 Å².